The van der Waals surface area contributed by atoms with Crippen LogP contribution in [0, 0.1) is 0 Å². The number of aromatic nitrogens is 5. The molecule has 1 amide bonds. The Labute approximate surface area is 191 Å². The van der Waals surface area contributed by atoms with Crippen LogP contribution < -0.4 is 10.1 Å². The molecule has 0 unspecified atom stereocenters. The number of aromatic amines is 1. The number of benzene rings is 2. The molecule has 0 saturated carbocycles. The van der Waals surface area contributed by atoms with Crippen LogP contribution in [0.4, 0.5) is 5.13 Å². The quantitative estimate of drug-likeness (QED) is 0.343. The molecule has 8 nitrogen and oxygen atoms in total. The molecule has 2 N–H and O–H groups in total. The van der Waals surface area contributed by atoms with Crippen molar-refractivity contribution in [2.45, 2.75) is 5.16 Å². The maximum absolute atomic E-state index is 12.4. The van der Waals surface area contributed by atoms with Crippen LogP contribution in [-0.4, -0.2) is 43.5 Å². The second kappa shape index (κ2) is 8.85. The molecule has 2 aromatic carbocycles. The Morgan fingerprint density at radius 3 is 2.97 bits per heavy atom. The lowest BCUT2D eigenvalue weighted by atomic mass is 10.1. The number of hydrogen-bond acceptors (Lipinski definition) is 7. The molecule has 3 heterocycles. The minimum absolute atomic E-state index is 0.154. The third-order valence-electron chi connectivity index (χ3n) is 4.79. The molecule has 0 bridgehead atoms. The Morgan fingerprint density at radius 1 is 1.22 bits per heavy atom. The van der Waals surface area contributed by atoms with E-state index < -0.39 is 0 Å². The molecule has 0 fully saturated rings. The molecule has 0 aliphatic carbocycles. The number of rotatable bonds is 7. The molecule has 5 rings (SSSR count). The largest absolute Gasteiger partial charge is 0.497 e. The molecule has 160 valence electrons. The Balaban J connectivity index is 1.53. The summed E-state index contributed by atoms with van der Waals surface area (Å²) in [5.74, 6) is 1.42. The van der Waals surface area contributed by atoms with Gasteiger partial charge in [-0.3, -0.25) is 9.36 Å². The number of nitrogens with one attached hydrogen (secondary N) is 2. The van der Waals surface area contributed by atoms with E-state index in [4.69, 9.17) is 4.74 Å². The number of ether oxygens (including phenoxy) is 1. The van der Waals surface area contributed by atoms with Crippen molar-refractivity contribution in [3.8, 4) is 22.8 Å². The first-order chi connectivity index (χ1) is 15.7. The number of thioether (sulfide) groups is 1. The van der Waals surface area contributed by atoms with E-state index in [1.807, 2.05) is 64.7 Å². The highest BCUT2D eigenvalue weighted by Crippen LogP contribution is 2.33. The summed E-state index contributed by atoms with van der Waals surface area (Å²) < 4.78 is 7.36. The number of H-pyrrole nitrogens is 1. The maximum atomic E-state index is 12.4. The number of methoxy groups -OCH3 is 1. The number of nitrogens with zero attached hydrogens (tertiary/aromatic N) is 4. The molecule has 0 radical (unpaired) electrons. The first-order valence-corrected chi connectivity index (χ1v) is 11.6. The second-order valence-electron chi connectivity index (χ2n) is 6.77. The lowest BCUT2D eigenvalue weighted by Crippen LogP contribution is -2.14. The fourth-order valence-electron chi connectivity index (χ4n) is 3.35. The predicted molar refractivity (Wildman–Crippen MR) is 127 cm³/mol. The molecule has 0 aliphatic heterocycles. The topological polar surface area (TPSA) is 97.7 Å². The van der Waals surface area contributed by atoms with E-state index in [1.165, 1.54) is 23.1 Å². The summed E-state index contributed by atoms with van der Waals surface area (Å²) in [6, 6.07) is 15.7. The highest BCUT2D eigenvalue weighted by molar-refractivity contribution is 7.99. The van der Waals surface area contributed by atoms with Crippen LogP contribution >= 0.6 is 23.1 Å². The van der Waals surface area contributed by atoms with Crippen molar-refractivity contribution >= 4 is 45.0 Å². The summed E-state index contributed by atoms with van der Waals surface area (Å²) >= 11 is 2.69. The van der Waals surface area contributed by atoms with E-state index in [0.29, 0.717) is 16.1 Å². The molecule has 0 aliphatic rings. The van der Waals surface area contributed by atoms with Gasteiger partial charge in [0.15, 0.2) is 16.1 Å². The Morgan fingerprint density at radius 2 is 2.12 bits per heavy atom. The smallest absolute Gasteiger partial charge is 0.236 e. The summed E-state index contributed by atoms with van der Waals surface area (Å²) in [7, 11) is 1.63. The fourth-order valence-corrected chi connectivity index (χ4v) is 4.64. The van der Waals surface area contributed by atoms with Gasteiger partial charge in [-0.2, -0.15) is 0 Å². The number of carbonyl (C=O) groups excluding carboxylic acids is 1. The molecule has 0 spiro atoms. The highest BCUT2D eigenvalue weighted by Gasteiger charge is 2.20. The van der Waals surface area contributed by atoms with Crippen molar-refractivity contribution in [1.29, 1.82) is 0 Å². The van der Waals surface area contributed by atoms with Gasteiger partial charge >= 0.3 is 0 Å². The first kappa shape index (κ1) is 20.3. The van der Waals surface area contributed by atoms with Crippen LogP contribution in [0.2, 0.25) is 0 Å². The normalized spacial score (nSPS) is 11.0. The Kier molecular flexibility index (Phi) is 5.61. The van der Waals surface area contributed by atoms with E-state index in [1.54, 1.807) is 13.3 Å². The van der Waals surface area contributed by atoms with Gasteiger partial charge in [-0.05, 0) is 18.2 Å². The zero-order valence-electron chi connectivity index (χ0n) is 17.0. The average Bonchev–Trinajstić information content (AvgIpc) is 3.57. The SMILES string of the molecule is COc1cccc(-n2c(SCC(=O)Nc3nccs3)nnc2-c2c[nH]c3ccccc23)c1. The van der Waals surface area contributed by atoms with Crippen LogP contribution in [-0.2, 0) is 4.79 Å². The first-order valence-electron chi connectivity index (χ1n) is 9.71. The highest BCUT2D eigenvalue weighted by atomic mass is 32.2. The number of anilines is 1. The molecular weight excluding hydrogens is 444 g/mol. The van der Waals surface area contributed by atoms with Gasteiger partial charge in [0.1, 0.15) is 5.75 Å². The van der Waals surface area contributed by atoms with Crippen molar-refractivity contribution < 1.29 is 9.53 Å². The van der Waals surface area contributed by atoms with Crippen LogP contribution in [0.3, 0.4) is 0 Å². The number of para-hydroxylation sites is 1. The third kappa shape index (κ3) is 3.97. The average molecular weight is 463 g/mol. The molecular formula is C22H18N6O2S2. The van der Waals surface area contributed by atoms with Crippen LogP contribution in [0.5, 0.6) is 5.75 Å². The monoisotopic (exact) mass is 462 g/mol. The number of amides is 1. The number of fused-ring (bicyclic) bond motifs is 1. The van der Waals surface area contributed by atoms with E-state index in [2.05, 4.69) is 25.5 Å². The third-order valence-corrected chi connectivity index (χ3v) is 6.40. The van der Waals surface area contributed by atoms with Crippen LogP contribution in [0.1, 0.15) is 0 Å². The molecule has 32 heavy (non-hydrogen) atoms. The van der Waals surface area contributed by atoms with Crippen molar-refractivity contribution in [3.05, 3.63) is 66.3 Å². The molecule has 0 atom stereocenters. The zero-order chi connectivity index (χ0) is 21.9. The van der Waals surface area contributed by atoms with Crippen LogP contribution in [0.15, 0.2) is 71.5 Å². The van der Waals surface area contributed by atoms with Gasteiger partial charge in [-0.15, -0.1) is 21.5 Å². The van der Waals surface area contributed by atoms with Gasteiger partial charge in [0.05, 0.1) is 18.6 Å². The zero-order valence-corrected chi connectivity index (χ0v) is 18.6. The predicted octanol–water partition coefficient (Wildman–Crippen LogP) is 4.61. The van der Waals surface area contributed by atoms with Crippen molar-refractivity contribution in [2.24, 2.45) is 0 Å². The summed E-state index contributed by atoms with van der Waals surface area (Å²) in [6.45, 7) is 0. The number of thiazole rings is 1. The lowest BCUT2D eigenvalue weighted by molar-refractivity contribution is -0.113. The van der Waals surface area contributed by atoms with Gasteiger partial charge in [-0.25, -0.2) is 4.98 Å². The van der Waals surface area contributed by atoms with Gasteiger partial charge in [0.2, 0.25) is 5.91 Å². The van der Waals surface area contributed by atoms with Gasteiger partial charge in [0.25, 0.3) is 0 Å². The minimum atomic E-state index is -0.154. The number of hydrogen-bond donors (Lipinski definition) is 2. The fraction of sp³-hybridized carbons (Fsp3) is 0.0909. The van der Waals surface area contributed by atoms with Gasteiger partial charge < -0.3 is 15.0 Å². The molecule has 3 aromatic heterocycles. The maximum Gasteiger partial charge on any atom is 0.236 e. The van der Waals surface area contributed by atoms with E-state index in [9.17, 15) is 4.79 Å². The second-order valence-corrected chi connectivity index (χ2v) is 8.60. The van der Waals surface area contributed by atoms with Gasteiger partial charge in [-0.1, -0.05) is 36.0 Å². The Hall–Kier alpha value is -3.63. The Bertz CT molecular complexity index is 1380. The standard InChI is InChI=1S/C22H18N6O2S2/c1-30-15-6-4-5-14(11-15)28-20(17-12-24-18-8-3-2-7-16(17)18)26-27-22(28)32-13-19(29)25-21-23-9-10-31-21/h2-12,24H,13H2,1H3,(H,23,25,29). The van der Waals surface area contributed by atoms with E-state index in [0.717, 1.165) is 27.9 Å². The van der Waals surface area contributed by atoms with Crippen LogP contribution in [0.25, 0.3) is 28.0 Å². The summed E-state index contributed by atoms with van der Waals surface area (Å²) in [5, 5.41) is 15.7. The molecule has 5 aromatic rings. The summed E-state index contributed by atoms with van der Waals surface area (Å²) in [5.41, 5.74) is 2.78. The lowest BCUT2D eigenvalue weighted by Gasteiger charge is -2.11. The van der Waals surface area contributed by atoms with Crippen molar-refractivity contribution in [1.82, 2.24) is 24.7 Å². The number of carbonyl (C=O) groups is 1. The van der Waals surface area contributed by atoms with E-state index in [-0.39, 0.29) is 11.7 Å². The van der Waals surface area contributed by atoms with Crippen molar-refractivity contribution in [2.75, 3.05) is 18.2 Å². The summed E-state index contributed by atoms with van der Waals surface area (Å²) in [4.78, 5) is 19.8. The molecule has 0 saturated heterocycles. The van der Waals surface area contributed by atoms with Gasteiger partial charge in [0, 0.05) is 40.3 Å². The van der Waals surface area contributed by atoms with Crippen molar-refractivity contribution in [3.63, 3.8) is 0 Å². The van der Waals surface area contributed by atoms with E-state index >= 15 is 0 Å². The minimum Gasteiger partial charge on any atom is -0.497 e. The summed E-state index contributed by atoms with van der Waals surface area (Å²) in [6.07, 6.45) is 3.58. The molecule has 10 heteroatoms.